The molecule has 7 heteroatoms. The summed E-state index contributed by atoms with van der Waals surface area (Å²) in [4.78, 5) is 25.4. The van der Waals surface area contributed by atoms with Crippen molar-refractivity contribution in [1.82, 2.24) is 4.90 Å². The van der Waals surface area contributed by atoms with E-state index >= 15 is 0 Å². The second-order valence-corrected chi connectivity index (χ2v) is 5.12. The molecule has 2 heterocycles. The highest BCUT2D eigenvalue weighted by atomic mass is 79.9. The molecule has 2 aliphatic rings. The van der Waals surface area contributed by atoms with Gasteiger partial charge in [-0.15, -0.1) is 0 Å². The lowest BCUT2D eigenvalue weighted by Gasteiger charge is -2.21. The van der Waals surface area contributed by atoms with E-state index in [0.29, 0.717) is 16.5 Å². The van der Waals surface area contributed by atoms with Gasteiger partial charge in [-0.25, -0.2) is 4.99 Å². The van der Waals surface area contributed by atoms with E-state index in [1.807, 2.05) is 4.90 Å². The Kier molecular flexibility index (Phi) is 3.28. The van der Waals surface area contributed by atoms with Crippen LogP contribution in [0, 0.1) is 5.92 Å². The monoisotopic (exact) mass is 299 g/mol. The molecule has 0 radical (unpaired) electrons. The zero-order valence-corrected chi connectivity index (χ0v) is 11.3. The smallest absolute Gasteiger partial charge is 0.281 e. The number of guanidine groups is 1. The predicted octanol–water partition coefficient (Wildman–Crippen LogP) is 0.721. The number of fused-ring (bicyclic) bond motifs is 1. The average Bonchev–Trinajstić information content (AvgIpc) is 2.52. The lowest BCUT2D eigenvalue weighted by molar-refractivity contribution is -0.117. The minimum absolute atomic E-state index is 0.00759. The maximum atomic E-state index is 11.6. The Balaban J connectivity index is 2.20. The Labute approximate surface area is 108 Å². The first-order chi connectivity index (χ1) is 7.99. The fraction of sp³-hybridized carbons (Fsp3) is 0.600. The van der Waals surface area contributed by atoms with E-state index < -0.39 is 6.04 Å². The summed E-state index contributed by atoms with van der Waals surface area (Å²) in [6, 6.07) is -0.621. The summed E-state index contributed by atoms with van der Waals surface area (Å²) in [6.45, 7) is 5.04. The highest BCUT2D eigenvalue weighted by Crippen LogP contribution is 2.21. The van der Waals surface area contributed by atoms with Crippen LogP contribution in [0.25, 0.3) is 0 Å². The van der Waals surface area contributed by atoms with Crippen LogP contribution in [0.4, 0.5) is 0 Å². The third kappa shape index (κ3) is 2.38. The number of aliphatic imine (C=N–C) groups is 3. The fourth-order valence-corrected chi connectivity index (χ4v) is 2.24. The zero-order chi connectivity index (χ0) is 12.6. The van der Waals surface area contributed by atoms with Crippen LogP contribution in [-0.4, -0.2) is 39.9 Å². The van der Waals surface area contributed by atoms with Crippen LogP contribution < -0.4 is 5.73 Å². The van der Waals surface area contributed by atoms with Gasteiger partial charge in [-0.05, 0) is 28.3 Å². The minimum Gasteiger partial charge on any atom is -0.368 e. The lowest BCUT2D eigenvalue weighted by atomic mass is 10.1. The van der Waals surface area contributed by atoms with Crippen LogP contribution in [0.2, 0.25) is 0 Å². The molecule has 0 fully saturated rings. The predicted molar refractivity (Wildman–Crippen MR) is 70.4 cm³/mol. The number of amidine groups is 2. The van der Waals surface area contributed by atoms with Crippen molar-refractivity contribution < 1.29 is 4.79 Å². The molecule has 2 aliphatic heterocycles. The molecule has 0 aromatic heterocycles. The Morgan fingerprint density at radius 1 is 1.47 bits per heavy atom. The van der Waals surface area contributed by atoms with E-state index in [2.05, 4.69) is 44.8 Å². The lowest BCUT2D eigenvalue weighted by Crippen LogP contribution is -2.41. The summed E-state index contributed by atoms with van der Waals surface area (Å²) in [5, 5.41) is 0. The van der Waals surface area contributed by atoms with Gasteiger partial charge < -0.3 is 10.6 Å². The Hall–Kier alpha value is -1.24. The maximum Gasteiger partial charge on any atom is 0.281 e. The van der Waals surface area contributed by atoms with Crippen molar-refractivity contribution in [3.63, 3.8) is 0 Å². The largest absolute Gasteiger partial charge is 0.368 e. The minimum atomic E-state index is -0.621. The molecule has 2 N–H and O–H groups in total. The summed E-state index contributed by atoms with van der Waals surface area (Å²) in [7, 11) is 0. The number of hydrogen-bond donors (Lipinski definition) is 1. The van der Waals surface area contributed by atoms with Gasteiger partial charge in [0.2, 0.25) is 5.96 Å². The number of carbonyl (C=O) groups excluding carboxylic acids is 1. The second kappa shape index (κ2) is 4.56. The van der Waals surface area contributed by atoms with Crippen LogP contribution >= 0.6 is 15.9 Å². The summed E-state index contributed by atoms with van der Waals surface area (Å²) >= 11 is 3.34. The van der Waals surface area contributed by atoms with Crippen LogP contribution in [0.5, 0.6) is 0 Å². The second-order valence-electron chi connectivity index (χ2n) is 4.41. The SMILES string of the molecule is CC(C)CCN1C(Br)=N[C@H]2C(=O)N=C(N)N=C21. The van der Waals surface area contributed by atoms with Crippen molar-refractivity contribution in [2.24, 2.45) is 26.6 Å². The normalized spacial score (nSPS) is 23.5. The molecule has 0 aliphatic carbocycles. The van der Waals surface area contributed by atoms with E-state index in [1.165, 1.54) is 0 Å². The number of hydrogen-bond acceptors (Lipinski definition) is 5. The van der Waals surface area contributed by atoms with E-state index in [-0.39, 0.29) is 11.9 Å². The van der Waals surface area contributed by atoms with Crippen molar-refractivity contribution >= 4 is 38.4 Å². The van der Waals surface area contributed by atoms with Gasteiger partial charge in [-0.2, -0.15) is 9.98 Å². The third-order valence-electron chi connectivity index (χ3n) is 2.60. The molecule has 0 aromatic carbocycles. The van der Waals surface area contributed by atoms with Crippen molar-refractivity contribution in [2.45, 2.75) is 26.3 Å². The molecule has 0 unspecified atom stereocenters. The zero-order valence-electron chi connectivity index (χ0n) is 9.72. The van der Waals surface area contributed by atoms with E-state index in [9.17, 15) is 4.79 Å². The Morgan fingerprint density at radius 2 is 2.18 bits per heavy atom. The number of halogens is 1. The first-order valence-corrected chi connectivity index (χ1v) is 6.25. The van der Waals surface area contributed by atoms with Crippen molar-refractivity contribution in [3.8, 4) is 0 Å². The maximum absolute atomic E-state index is 11.6. The Morgan fingerprint density at radius 3 is 2.82 bits per heavy atom. The van der Waals surface area contributed by atoms with Gasteiger partial charge in [-0.1, -0.05) is 13.8 Å². The van der Waals surface area contributed by atoms with Gasteiger partial charge in [0.15, 0.2) is 10.8 Å². The molecular weight excluding hydrogens is 286 g/mol. The van der Waals surface area contributed by atoms with Crippen LogP contribution in [0.3, 0.4) is 0 Å². The average molecular weight is 300 g/mol. The number of rotatable bonds is 3. The molecule has 92 valence electrons. The molecular formula is C10H14BrN5O. The topological polar surface area (TPSA) is 83.4 Å². The van der Waals surface area contributed by atoms with E-state index in [4.69, 9.17) is 5.73 Å². The van der Waals surface area contributed by atoms with Gasteiger partial charge in [0, 0.05) is 6.54 Å². The number of carbonyl (C=O) groups is 1. The summed E-state index contributed by atoms with van der Waals surface area (Å²) < 4.78 is 0.625. The Bertz CT molecular complexity index is 440. The molecule has 1 atom stereocenters. The van der Waals surface area contributed by atoms with Gasteiger partial charge in [0.05, 0.1) is 0 Å². The van der Waals surface area contributed by atoms with E-state index in [1.54, 1.807) is 0 Å². The van der Waals surface area contributed by atoms with Gasteiger partial charge in [0.25, 0.3) is 5.91 Å². The van der Waals surface area contributed by atoms with Crippen molar-refractivity contribution in [3.05, 3.63) is 0 Å². The van der Waals surface area contributed by atoms with E-state index in [0.717, 1.165) is 13.0 Å². The van der Waals surface area contributed by atoms with Crippen LogP contribution in [0.1, 0.15) is 20.3 Å². The number of amides is 1. The van der Waals surface area contributed by atoms with Crippen molar-refractivity contribution in [2.75, 3.05) is 6.54 Å². The molecule has 6 nitrogen and oxygen atoms in total. The van der Waals surface area contributed by atoms with Gasteiger partial charge in [-0.3, -0.25) is 4.79 Å². The molecule has 17 heavy (non-hydrogen) atoms. The molecule has 0 aromatic rings. The number of nitrogens with zero attached hydrogens (tertiary/aromatic N) is 4. The summed E-state index contributed by atoms with van der Waals surface area (Å²) in [5.41, 5.74) is 5.49. The summed E-state index contributed by atoms with van der Waals surface area (Å²) in [6.07, 6.45) is 0.988. The molecule has 0 spiro atoms. The molecule has 0 bridgehead atoms. The third-order valence-corrected chi connectivity index (χ3v) is 3.23. The van der Waals surface area contributed by atoms with Crippen molar-refractivity contribution in [1.29, 1.82) is 0 Å². The van der Waals surface area contributed by atoms with Gasteiger partial charge >= 0.3 is 0 Å². The molecule has 0 saturated heterocycles. The summed E-state index contributed by atoms with van der Waals surface area (Å²) in [5.74, 6) is 0.806. The highest BCUT2D eigenvalue weighted by Gasteiger charge is 2.38. The standard InChI is InChI=1S/C10H14BrN5O/c1-5(2)3-4-16-7-6(13-9(16)11)8(17)15-10(12)14-7/h5-6H,3-4H2,1-2H3,(H2,12,15,17)/t6-/m1/s1. The van der Waals surface area contributed by atoms with Crippen LogP contribution in [0.15, 0.2) is 15.0 Å². The first-order valence-electron chi connectivity index (χ1n) is 5.46. The van der Waals surface area contributed by atoms with Gasteiger partial charge in [0.1, 0.15) is 5.84 Å². The molecule has 2 rings (SSSR count). The quantitative estimate of drug-likeness (QED) is 0.780. The first kappa shape index (κ1) is 12.2. The molecule has 0 saturated carbocycles. The highest BCUT2D eigenvalue weighted by molar-refractivity contribution is 9.18. The number of nitrogens with two attached hydrogens (primary N) is 1. The van der Waals surface area contributed by atoms with Crippen LogP contribution in [-0.2, 0) is 4.79 Å². The fourth-order valence-electron chi connectivity index (χ4n) is 1.67. The molecule has 1 amide bonds.